The van der Waals surface area contributed by atoms with Crippen molar-refractivity contribution < 1.29 is 9.13 Å². The van der Waals surface area contributed by atoms with Crippen molar-refractivity contribution >= 4 is 22.3 Å². The van der Waals surface area contributed by atoms with Gasteiger partial charge in [-0.15, -0.1) is 0 Å². The van der Waals surface area contributed by atoms with E-state index in [1.807, 2.05) is 31.2 Å². The first kappa shape index (κ1) is 13.4. The SMILES string of the molecule is COc1ccc2nc(C)cc(Nc3ccccc3F)c2c1. The van der Waals surface area contributed by atoms with Crippen LogP contribution in [0.3, 0.4) is 0 Å². The van der Waals surface area contributed by atoms with Gasteiger partial charge in [-0.1, -0.05) is 12.1 Å². The molecule has 0 aliphatic rings. The van der Waals surface area contributed by atoms with Gasteiger partial charge < -0.3 is 10.1 Å². The summed E-state index contributed by atoms with van der Waals surface area (Å²) in [6.07, 6.45) is 0. The van der Waals surface area contributed by atoms with Crippen molar-refractivity contribution in [2.75, 3.05) is 12.4 Å². The van der Waals surface area contributed by atoms with E-state index in [-0.39, 0.29) is 5.82 Å². The molecule has 1 N–H and O–H groups in total. The molecular weight excluding hydrogens is 267 g/mol. The fourth-order valence-corrected chi connectivity index (χ4v) is 2.28. The van der Waals surface area contributed by atoms with E-state index in [9.17, 15) is 4.39 Å². The number of para-hydroxylation sites is 1. The molecule has 0 bridgehead atoms. The third-order valence-corrected chi connectivity index (χ3v) is 3.29. The minimum Gasteiger partial charge on any atom is -0.497 e. The molecule has 21 heavy (non-hydrogen) atoms. The van der Waals surface area contributed by atoms with Crippen LogP contribution in [0.25, 0.3) is 10.9 Å². The number of methoxy groups -OCH3 is 1. The van der Waals surface area contributed by atoms with Crippen LogP contribution in [0.4, 0.5) is 15.8 Å². The number of ether oxygens (including phenoxy) is 1. The molecule has 0 saturated carbocycles. The van der Waals surface area contributed by atoms with E-state index in [0.717, 1.165) is 28.0 Å². The van der Waals surface area contributed by atoms with E-state index in [4.69, 9.17) is 4.74 Å². The predicted octanol–water partition coefficient (Wildman–Crippen LogP) is 4.43. The maximum Gasteiger partial charge on any atom is 0.146 e. The zero-order chi connectivity index (χ0) is 14.8. The Morgan fingerprint density at radius 3 is 2.62 bits per heavy atom. The van der Waals surface area contributed by atoms with E-state index in [1.54, 1.807) is 25.3 Å². The average molecular weight is 282 g/mol. The Bertz CT molecular complexity index is 802. The first-order chi connectivity index (χ1) is 10.2. The molecule has 2 aromatic carbocycles. The minimum atomic E-state index is -0.289. The summed E-state index contributed by atoms with van der Waals surface area (Å²) in [5.41, 5.74) is 2.95. The molecule has 3 rings (SSSR count). The topological polar surface area (TPSA) is 34.1 Å². The van der Waals surface area contributed by atoms with Gasteiger partial charge in [-0.05, 0) is 43.3 Å². The molecule has 0 unspecified atom stereocenters. The summed E-state index contributed by atoms with van der Waals surface area (Å²) in [6, 6.07) is 14.1. The number of fused-ring (bicyclic) bond motifs is 1. The van der Waals surface area contributed by atoms with Crippen molar-refractivity contribution in [1.29, 1.82) is 0 Å². The highest BCUT2D eigenvalue weighted by Crippen LogP contribution is 2.30. The molecular formula is C17H15FN2O. The molecule has 106 valence electrons. The Balaban J connectivity index is 2.14. The highest BCUT2D eigenvalue weighted by atomic mass is 19.1. The zero-order valence-corrected chi connectivity index (χ0v) is 11.9. The molecule has 1 heterocycles. The highest BCUT2D eigenvalue weighted by molar-refractivity contribution is 5.94. The molecule has 0 fully saturated rings. The Morgan fingerprint density at radius 2 is 1.86 bits per heavy atom. The maximum atomic E-state index is 13.8. The molecule has 1 aromatic heterocycles. The summed E-state index contributed by atoms with van der Waals surface area (Å²) in [4.78, 5) is 4.49. The number of anilines is 2. The smallest absolute Gasteiger partial charge is 0.146 e. The van der Waals surface area contributed by atoms with Crippen LogP contribution in [0, 0.1) is 12.7 Å². The average Bonchev–Trinajstić information content (AvgIpc) is 2.49. The number of benzene rings is 2. The second-order valence-electron chi connectivity index (χ2n) is 4.80. The molecule has 3 nitrogen and oxygen atoms in total. The zero-order valence-electron chi connectivity index (χ0n) is 11.9. The van der Waals surface area contributed by atoms with Crippen LogP contribution >= 0.6 is 0 Å². The van der Waals surface area contributed by atoms with Crippen molar-refractivity contribution in [3.8, 4) is 5.75 Å². The van der Waals surface area contributed by atoms with Gasteiger partial charge in [0.15, 0.2) is 0 Å². The molecule has 0 aliphatic carbocycles. The van der Waals surface area contributed by atoms with E-state index in [0.29, 0.717) is 5.69 Å². The summed E-state index contributed by atoms with van der Waals surface area (Å²) in [7, 11) is 1.62. The van der Waals surface area contributed by atoms with Gasteiger partial charge in [-0.25, -0.2) is 4.39 Å². The van der Waals surface area contributed by atoms with Crippen molar-refractivity contribution in [1.82, 2.24) is 4.98 Å². The van der Waals surface area contributed by atoms with Crippen LogP contribution in [-0.2, 0) is 0 Å². The third-order valence-electron chi connectivity index (χ3n) is 3.29. The molecule has 0 spiro atoms. The van der Waals surface area contributed by atoms with Crippen LogP contribution in [0.5, 0.6) is 5.75 Å². The lowest BCUT2D eigenvalue weighted by molar-refractivity contribution is 0.415. The lowest BCUT2D eigenvalue weighted by atomic mass is 10.1. The summed E-state index contributed by atoms with van der Waals surface area (Å²) >= 11 is 0. The lowest BCUT2D eigenvalue weighted by Gasteiger charge is -2.12. The second kappa shape index (κ2) is 5.40. The van der Waals surface area contributed by atoms with Crippen molar-refractivity contribution in [3.05, 3.63) is 60.0 Å². The van der Waals surface area contributed by atoms with E-state index < -0.39 is 0 Å². The fourth-order valence-electron chi connectivity index (χ4n) is 2.28. The van der Waals surface area contributed by atoms with Gasteiger partial charge in [0.2, 0.25) is 0 Å². The van der Waals surface area contributed by atoms with Crippen LogP contribution < -0.4 is 10.1 Å². The largest absolute Gasteiger partial charge is 0.497 e. The number of halogens is 1. The Morgan fingerprint density at radius 1 is 1.05 bits per heavy atom. The summed E-state index contributed by atoms with van der Waals surface area (Å²) < 4.78 is 19.1. The number of aryl methyl sites for hydroxylation is 1. The summed E-state index contributed by atoms with van der Waals surface area (Å²) in [6.45, 7) is 1.91. The van der Waals surface area contributed by atoms with Crippen LogP contribution in [0.15, 0.2) is 48.5 Å². The van der Waals surface area contributed by atoms with Gasteiger partial charge in [0.25, 0.3) is 0 Å². The normalized spacial score (nSPS) is 10.6. The number of nitrogens with zero attached hydrogens (tertiary/aromatic N) is 1. The first-order valence-corrected chi connectivity index (χ1v) is 6.64. The number of pyridine rings is 1. The molecule has 0 aliphatic heterocycles. The molecule has 4 heteroatoms. The molecule has 0 amide bonds. The second-order valence-corrected chi connectivity index (χ2v) is 4.80. The fraction of sp³-hybridized carbons (Fsp3) is 0.118. The van der Waals surface area contributed by atoms with Gasteiger partial charge in [0.05, 0.1) is 18.3 Å². The monoisotopic (exact) mass is 282 g/mol. The van der Waals surface area contributed by atoms with Crippen molar-refractivity contribution in [2.24, 2.45) is 0 Å². The quantitative estimate of drug-likeness (QED) is 0.771. The molecule has 0 atom stereocenters. The van der Waals surface area contributed by atoms with E-state index in [1.165, 1.54) is 6.07 Å². The number of hydrogen-bond acceptors (Lipinski definition) is 3. The number of nitrogens with one attached hydrogen (secondary N) is 1. The van der Waals surface area contributed by atoms with Gasteiger partial charge in [-0.2, -0.15) is 0 Å². The Kier molecular flexibility index (Phi) is 3.44. The number of rotatable bonds is 3. The van der Waals surface area contributed by atoms with Gasteiger partial charge >= 0.3 is 0 Å². The van der Waals surface area contributed by atoms with Gasteiger partial charge in [0, 0.05) is 16.8 Å². The van der Waals surface area contributed by atoms with Crippen LogP contribution in [0.2, 0.25) is 0 Å². The standard InChI is InChI=1S/C17H15FN2O/c1-11-9-17(20-16-6-4-3-5-14(16)18)13-10-12(21-2)7-8-15(13)19-11/h3-10H,1-2H3,(H,19,20). The highest BCUT2D eigenvalue weighted by Gasteiger charge is 2.08. The lowest BCUT2D eigenvalue weighted by Crippen LogP contribution is -1.97. The molecule has 0 saturated heterocycles. The van der Waals surface area contributed by atoms with E-state index >= 15 is 0 Å². The molecule has 3 aromatic rings. The Labute approximate surface area is 122 Å². The van der Waals surface area contributed by atoms with Crippen LogP contribution in [-0.4, -0.2) is 12.1 Å². The predicted molar refractivity (Wildman–Crippen MR) is 82.7 cm³/mol. The number of aromatic nitrogens is 1. The third kappa shape index (κ3) is 2.65. The molecule has 0 radical (unpaired) electrons. The first-order valence-electron chi connectivity index (χ1n) is 6.64. The van der Waals surface area contributed by atoms with Gasteiger partial charge in [0.1, 0.15) is 11.6 Å². The van der Waals surface area contributed by atoms with E-state index in [2.05, 4.69) is 10.3 Å². The van der Waals surface area contributed by atoms with Crippen LogP contribution in [0.1, 0.15) is 5.69 Å². The van der Waals surface area contributed by atoms with Crippen molar-refractivity contribution in [2.45, 2.75) is 6.92 Å². The van der Waals surface area contributed by atoms with Gasteiger partial charge in [-0.3, -0.25) is 4.98 Å². The minimum absolute atomic E-state index is 0.289. The Hall–Kier alpha value is -2.62. The summed E-state index contributed by atoms with van der Waals surface area (Å²) in [5, 5.41) is 4.03. The summed E-state index contributed by atoms with van der Waals surface area (Å²) in [5.74, 6) is 0.452. The number of hydrogen-bond donors (Lipinski definition) is 1. The maximum absolute atomic E-state index is 13.8. The van der Waals surface area contributed by atoms with Crippen molar-refractivity contribution in [3.63, 3.8) is 0 Å².